The van der Waals surface area contributed by atoms with Gasteiger partial charge in [0.1, 0.15) is 0 Å². The van der Waals surface area contributed by atoms with E-state index < -0.39 is 10.2 Å². The highest BCUT2D eigenvalue weighted by atomic mass is 32.2. The second-order valence-electron chi connectivity index (χ2n) is 3.17. The van der Waals surface area contributed by atoms with Crippen molar-refractivity contribution in [2.75, 3.05) is 17.0 Å². The van der Waals surface area contributed by atoms with Crippen LogP contribution in [0, 0.1) is 6.92 Å². The van der Waals surface area contributed by atoms with Gasteiger partial charge in [0.25, 0.3) is 10.2 Å². The Morgan fingerprint density at radius 1 is 1.40 bits per heavy atom. The van der Waals surface area contributed by atoms with Gasteiger partial charge in [0.05, 0.1) is 5.69 Å². The summed E-state index contributed by atoms with van der Waals surface area (Å²) in [6, 6.07) is 4.97. The minimum atomic E-state index is -3.46. The Balaban J connectivity index is 2.86. The third kappa shape index (κ3) is 3.41. The predicted octanol–water partition coefficient (Wildman–Crippen LogP) is 0.843. The molecule has 0 fully saturated rings. The predicted molar refractivity (Wildman–Crippen MR) is 61.8 cm³/mol. The molecule has 0 atom stereocenters. The molecule has 0 aliphatic heterocycles. The fraction of sp³-hybridized carbons (Fsp3) is 0.333. The highest BCUT2D eigenvalue weighted by molar-refractivity contribution is 7.90. The zero-order valence-corrected chi connectivity index (χ0v) is 9.56. The van der Waals surface area contributed by atoms with Crippen LogP contribution in [0.1, 0.15) is 12.5 Å². The number of anilines is 2. The van der Waals surface area contributed by atoms with Crippen molar-refractivity contribution in [1.29, 1.82) is 0 Å². The minimum absolute atomic E-state index is 0.350. The van der Waals surface area contributed by atoms with E-state index in [-0.39, 0.29) is 0 Å². The Kier molecular flexibility index (Phi) is 3.54. The smallest absolute Gasteiger partial charge is 0.299 e. The van der Waals surface area contributed by atoms with Crippen molar-refractivity contribution >= 4 is 21.6 Å². The van der Waals surface area contributed by atoms with E-state index in [1.165, 1.54) is 0 Å². The van der Waals surface area contributed by atoms with Gasteiger partial charge in [-0.2, -0.15) is 13.1 Å². The van der Waals surface area contributed by atoms with Crippen molar-refractivity contribution < 1.29 is 8.42 Å². The summed E-state index contributed by atoms with van der Waals surface area (Å²) in [6.07, 6.45) is 0. The normalized spacial score (nSPS) is 11.3. The lowest BCUT2D eigenvalue weighted by atomic mass is 10.2. The van der Waals surface area contributed by atoms with E-state index in [9.17, 15) is 8.42 Å². The summed E-state index contributed by atoms with van der Waals surface area (Å²) < 4.78 is 27.4. The molecule has 6 heteroatoms. The molecule has 0 saturated carbocycles. The Morgan fingerprint density at radius 2 is 2.07 bits per heavy atom. The van der Waals surface area contributed by atoms with Gasteiger partial charge < -0.3 is 5.73 Å². The average Bonchev–Trinajstić information content (AvgIpc) is 2.10. The maximum atomic E-state index is 11.3. The lowest BCUT2D eigenvalue weighted by Crippen LogP contribution is -2.29. The van der Waals surface area contributed by atoms with Gasteiger partial charge in [0.2, 0.25) is 0 Å². The highest BCUT2D eigenvalue weighted by Crippen LogP contribution is 2.17. The largest absolute Gasteiger partial charge is 0.399 e. The molecule has 0 amide bonds. The first-order valence-corrected chi connectivity index (χ1v) is 6.06. The number of aryl methyl sites for hydroxylation is 1. The standard InChI is InChI=1S/C9H15N3O2S/c1-3-11-15(13,14)12-8-4-5-9(10)7(2)6-8/h4-6,11-12H,3,10H2,1-2H3. The summed E-state index contributed by atoms with van der Waals surface area (Å²) in [5.41, 5.74) is 7.60. The first-order valence-electron chi connectivity index (χ1n) is 4.58. The summed E-state index contributed by atoms with van der Waals surface area (Å²) in [5.74, 6) is 0. The van der Waals surface area contributed by atoms with Gasteiger partial charge in [-0.3, -0.25) is 4.72 Å². The molecule has 0 radical (unpaired) electrons. The fourth-order valence-corrected chi connectivity index (χ4v) is 2.01. The molecule has 0 unspecified atom stereocenters. The molecule has 15 heavy (non-hydrogen) atoms. The number of rotatable bonds is 4. The van der Waals surface area contributed by atoms with Crippen LogP contribution in [0.4, 0.5) is 11.4 Å². The van der Waals surface area contributed by atoms with Gasteiger partial charge in [-0.15, -0.1) is 0 Å². The van der Waals surface area contributed by atoms with Crippen LogP contribution in [0.15, 0.2) is 18.2 Å². The molecule has 0 aromatic heterocycles. The summed E-state index contributed by atoms with van der Waals surface area (Å²) >= 11 is 0. The summed E-state index contributed by atoms with van der Waals surface area (Å²) in [4.78, 5) is 0. The van der Waals surface area contributed by atoms with Crippen LogP contribution in [-0.2, 0) is 10.2 Å². The molecular formula is C9H15N3O2S. The number of nitrogens with two attached hydrogens (primary N) is 1. The maximum Gasteiger partial charge on any atom is 0.299 e. The highest BCUT2D eigenvalue weighted by Gasteiger charge is 2.07. The van der Waals surface area contributed by atoms with Crippen LogP contribution >= 0.6 is 0 Å². The Labute approximate surface area is 89.9 Å². The fourth-order valence-electron chi connectivity index (χ4n) is 1.12. The van der Waals surface area contributed by atoms with Crippen molar-refractivity contribution in [3.63, 3.8) is 0 Å². The number of benzene rings is 1. The summed E-state index contributed by atoms with van der Waals surface area (Å²) in [6.45, 7) is 3.89. The average molecular weight is 229 g/mol. The lowest BCUT2D eigenvalue weighted by molar-refractivity contribution is 0.589. The van der Waals surface area contributed by atoms with E-state index in [4.69, 9.17) is 5.73 Å². The molecule has 0 heterocycles. The van der Waals surface area contributed by atoms with Crippen molar-refractivity contribution in [3.8, 4) is 0 Å². The molecule has 0 aliphatic rings. The van der Waals surface area contributed by atoms with Gasteiger partial charge in [-0.25, -0.2) is 0 Å². The molecule has 84 valence electrons. The molecule has 0 aliphatic carbocycles. The lowest BCUT2D eigenvalue weighted by Gasteiger charge is -2.09. The van der Waals surface area contributed by atoms with Crippen LogP contribution in [0.2, 0.25) is 0 Å². The number of hydrogen-bond donors (Lipinski definition) is 3. The van der Waals surface area contributed by atoms with Crippen molar-refractivity contribution in [2.45, 2.75) is 13.8 Å². The molecule has 0 spiro atoms. The third-order valence-electron chi connectivity index (χ3n) is 1.86. The van der Waals surface area contributed by atoms with Crippen molar-refractivity contribution in [3.05, 3.63) is 23.8 Å². The Bertz CT molecular complexity index is 443. The molecule has 4 N–H and O–H groups in total. The number of nitrogen functional groups attached to an aromatic ring is 1. The van der Waals surface area contributed by atoms with Crippen LogP contribution in [0.3, 0.4) is 0 Å². The zero-order chi connectivity index (χ0) is 11.5. The van der Waals surface area contributed by atoms with Gasteiger partial charge in [-0.1, -0.05) is 6.92 Å². The molecule has 1 aromatic carbocycles. The van der Waals surface area contributed by atoms with Crippen LogP contribution in [0.5, 0.6) is 0 Å². The SMILES string of the molecule is CCNS(=O)(=O)Nc1ccc(N)c(C)c1. The Hall–Kier alpha value is -1.27. The second kappa shape index (κ2) is 4.50. The Morgan fingerprint density at radius 3 is 2.60 bits per heavy atom. The topological polar surface area (TPSA) is 84.2 Å². The molecule has 5 nitrogen and oxygen atoms in total. The van der Waals surface area contributed by atoms with Crippen molar-refractivity contribution in [1.82, 2.24) is 4.72 Å². The van der Waals surface area contributed by atoms with E-state index in [2.05, 4.69) is 9.44 Å². The summed E-state index contributed by atoms with van der Waals surface area (Å²) in [7, 11) is -3.46. The van der Waals surface area contributed by atoms with Crippen LogP contribution in [-0.4, -0.2) is 15.0 Å². The minimum Gasteiger partial charge on any atom is -0.399 e. The maximum absolute atomic E-state index is 11.3. The van der Waals surface area contributed by atoms with Gasteiger partial charge in [-0.05, 0) is 30.7 Å². The van der Waals surface area contributed by atoms with E-state index in [1.54, 1.807) is 25.1 Å². The molecule has 1 aromatic rings. The van der Waals surface area contributed by atoms with E-state index in [1.807, 2.05) is 6.92 Å². The quantitative estimate of drug-likeness (QED) is 0.669. The number of nitrogens with one attached hydrogen (secondary N) is 2. The monoisotopic (exact) mass is 229 g/mol. The summed E-state index contributed by atoms with van der Waals surface area (Å²) in [5, 5.41) is 0. The van der Waals surface area contributed by atoms with E-state index in [0.717, 1.165) is 5.56 Å². The van der Waals surface area contributed by atoms with Gasteiger partial charge >= 0.3 is 0 Å². The van der Waals surface area contributed by atoms with Crippen LogP contribution in [0.25, 0.3) is 0 Å². The van der Waals surface area contributed by atoms with Gasteiger partial charge in [0.15, 0.2) is 0 Å². The second-order valence-corrected chi connectivity index (χ2v) is 4.67. The zero-order valence-electron chi connectivity index (χ0n) is 8.74. The van der Waals surface area contributed by atoms with Gasteiger partial charge in [0, 0.05) is 12.2 Å². The number of hydrogen-bond acceptors (Lipinski definition) is 3. The first kappa shape index (κ1) is 11.8. The van der Waals surface area contributed by atoms with E-state index >= 15 is 0 Å². The molecule has 0 saturated heterocycles. The third-order valence-corrected chi connectivity index (χ3v) is 3.03. The van der Waals surface area contributed by atoms with Crippen molar-refractivity contribution in [2.24, 2.45) is 0 Å². The molecular weight excluding hydrogens is 214 g/mol. The van der Waals surface area contributed by atoms with Crippen LogP contribution < -0.4 is 15.2 Å². The van der Waals surface area contributed by atoms with E-state index in [0.29, 0.717) is 17.9 Å². The molecule has 1 rings (SSSR count). The first-order chi connectivity index (χ1) is 6.94. The molecule has 0 bridgehead atoms.